The van der Waals surface area contributed by atoms with Crippen LogP contribution in [0.15, 0.2) is 41.3 Å². The molecule has 2 unspecified atom stereocenters. The molecule has 0 saturated carbocycles. The maximum Gasteiger partial charge on any atom is 0.246 e. The number of alkyl halides is 1. The minimum absolute atomic E-state index is 0.0133. The van der Waals surface area contributed by atoms with Crippen molar-refractivity contribution in [3.8, 4) is 5.75 Å². The molecule has 164 valence electrons. The molecule has 1 saturated heterocycles. The number of rotatable bonds is 6. The van der Waals surface area contributed by atoms with Crippen LogP contribution in [-0.4, -0.2) is 57.4 Å². The molecule has 3 rings (SSSR count). The molecule has 11 heteroatoms. The van der Waals surface area contributed by atoms with E-state index in [0.29, 0.717) is 0 Å². The van der Waals surface area contributed by atoms with Gasteiger partial charge in [-0.1, -0.05) is 6.07 Å². The zero-order valence-corrected chi connectivity index (χ0v) is 16.8. The summed E-state index contributed by atoms with van der Waals surface area (Å²) in [5.74, 6) is -2.13. The molecule has 1 fully saturated rings. The number of ether oxygens (including phenoxy) is 2. The second-order valence-corrected chi connectivity index (χ2v) is 8.53. The fourth-order valence-electron chi connectivity index (χ4n) is 2.99. The van der Waals surface area contributed by atoms with Crippen LogP contribution >= 0.6 is 0 Å². The molecule has 0 aliphatic carbocycles. The lowest BCUT2D eigenvalue weighted by Crippen LogP contribution is -2.36. The van der Waals surface area contributed by atoms with Crippen LogP contribution in [0.4, 0.5) is 18.9 Å². The highest BCUT2D eigenvalue weighted by Crippen LogP contribution is 2.31. The zero-order valence-electron chi connectivity index (χ0n) is 16.0. The Morgan fingerprint density at radius 1 is 1.23 bits per heavy atom. The number of nitrogens with zero attached hydrogens (tertiary/aromatic N) is 1. The number of methoxy groups -OCH3 is 1. The molecule has 2 aromatic carbocycles. The SMILES string of the molecule is COc1ccc(C(O)Nc2ccc(F)c(F)c2)cc1S(=O)(=O)N1CCOCC(F)C1. The van der Waals surface area contributed by atoms with Crippen molar-refractivity contribution < 1.29 is 36.2 Å². The van der Waals surface area contributed by atoms with Crippen LogP contribution in [0.25, 0.3) is 0 Å². The number of benzene rings is 2. The Bertz CT molecular complexity index is 1010. The average Bonchev–Trinajstić information content (AvgIpc) is 2.95. The summed E-state index contributed by atoms with van der Waals surface area (Å²) in [4.78, 5) is -0.261. The first kappa shape index (κ1) is 22.3. The van der Waals surface area contributed by atoms with Crippen molar-refractivity contribution in [1.29, 1.82) is 0 Å². The molecule has 2 N–H and O–H groups in total. The average molecular weight is 446 g/mol. The summed E-state index contributed by atoms with van der Waals surface area (Å²) in [6.45, 7) is -0.556. The van der Waals surface area contributed by atoms with Crippen molar-refractivity contribution in [2.75, 3.05) is 38.7 Å². The van der Waals surface area contributed by atoms with Gasteiger partial charge in [-0.05, 0) is 24.3 Å². The highest BCUT2D eigenvalue weighted by Gasteiger charge is 2.32. The lowest BCUT2D eigenvalue weighted by atomic mass is 10.2. The van der Waals surface area contributed by atoms with E-state index in [2.05, 4.69) is 5.32 Å². The van der Waals surface area contributed by atoms with Crippen LogP contribution in [-0.2, 0) is 14.8 Å². The second kappa shape index (κ2) is 9.21. The van der Waals surface area contributed by atoms with Crippen LogP contribution < -0.4 is 10.1 Å². The third-order valence-electron chi connectivity index (χ3n) is 4.53. The Kier molecular flexibility index (Phi) is 6.86. The van der Waals surface area contributed by atoms with Crippen molar-refractivity contribution in [2.45, 2.75) is 17.3 Å². The van der Waals surface area contributed by atoms with Crippen LogP contribution in [0.1, 0.15) is 11.8 Å². The predicted octanol–water partition coefficient (Wildman–Crippen LogP) is 2.44. The Morgan fingerprint density at radius 2 is 2.00 bits per heavy atom. The maximum atomic E-state index is 13.9. The summed E-state index contributed by atoms with van der Waals surface area (Å²) in [5, 5.41) is 13.0. The molecular weight excluding hydrogens is 425 g/mol. The van der Waals surface area contributed by atoms with E-state index in [1.807, 2.05) is 0 Å². The molecule has 0 bridgehead atoms. The molecule has 0 aromatic heterocycles. The summed E-state index contributed by atoms with van der Waals surface area (Å²) in [7, 11) is -2.88. The molecular formula is C19H21F3N2O5S. The van der Waals surface area contributed by atoms with E-state index >= 15 is 0 Å². The van der Waals surface area contributed by atoms with E-state index in [1.54, 1.807) is 0 Å². The summed E-state index contributed by atoms with van der Waals surface area (Å²) >= 11 is 0. The number of anilines is 1. The predicted molar refractivity (Wildman–Crippen MR) is 102 cm³/mol. The Hall–Kier alpha value is -2.34. The Labute approximate surface area is 172 Å². The van der Waals surface area contributed by atoms with Gasteiger partial charge in [-0.25, -0.2) is 21.6 Å². The van der Waals surface area contributed by atoms with E-state index in [0.717, 1.165) is 16.4 Å². The highest BCUT2D eigenvalue weighted by atomic mass is 32.2. The van der Waals surface area contributed by atoms with Crippen molar-refractivity contribution in [1.82, 2.24) is 4.31 Å². The lowest BCUT2D eigenvalue weighted by Gasteiger charge is -2.23. The molecule has 2 atom stereocenters. The van der Waals surface area contributed by atoms with Crippen molar-refractivity contribution in [3.63, 3.8) is 0 Å². The Balaban J connectivity index is 1.91. The van der Waals surface area contributed by atoms with E-state index < -0.39 is 34.1 Å². The zero-order chi connectivity index (χ0) is 21.9. The summed E-state index contributed by atoms with van der Waals surface area (Å²) in [6, 6.07) is 6.92. The number of aliphatic hydroxyl groups excluding tert-OH is 1. The van der Waals surface area contributed by atoms with E-state index in [-0.39, 0.29) is 48.2 Å². The monoisotopic (exact) mass is 446 g/mol. The smallest absolute Gasteiger partial charge is 0.246 e. The summed E-state index contributed by atoms with van der Waals surface area (Å²) < 4.78 is 77.7. The minimum atomic E-state index is -4.16. The van der Waals surface area contributed by atoms with Gasteiger partial charge in [0.2, 0.25) is 10.0 Å². The number of halogens is 3. The minimum Gasteiger partial charge on any atom is -0.495 e. The van der Waals surface area contributed by atoms with Gasteiger partial charge in [0.15, 0.2) is 17.9 Å². The molecule has 7 nitrogen and oxygen atoms in total. The van der Waals surface area contributed by atoms with Gasteiger partial charge < -0.3 is 19.9 Å². The fraction of sp³-hybridized carbons (Fsp3) is 0.368. The quantitative estimate of drug-likeness (QED) is 0.663. The first-order valence-corrected chi connectivity index (χ1v) is 10.5. The van der Waals surface area contributed by atoms with Gasteiger partial charge in [0.05, 0.1) is 20.3 Å². The topological polar surface area (TPSA) is 88.1 Å². The van der Waals surface area contributed by atoms with Crippen LogP contribution in [0.2, 0.25) is 0 Å². The maximum absolute atomic E-state index is 13.9. The summed E-state index contributed by atoms with van der Waals surface area (Å²) in [5.41, 5.74) is 0.216. The van der Waals surface area contributed by atoms with Crippen molar-refractivity contribution in [3.05, 3.63) is 53.6 Å². The van der Waals surface area contributed by atoms with Gasteiger partial charge in [0.1, 0.15) is 16.8 Å². The second-order valence-electron chi connectivity index (χ2n) is 6.62. The normalized spacial score (nSPS) is 19.2. The third kappa shape index (κ3) is 4.86. The standard InChI is InChI=1S/C19H21F3N2O5S/c1-28-17-5-2-12(19(25)23-14-3-4-15(21)16(22)9-14)8-18(17)30(26,27)24-6-7-29-11-13(20)10-24/h2-5,8-9,13,19,23,25H,6-7,10-11H2,1H3. The van der Waals surface area contributed by atoms with Gasteiger partial charge in [-0.3, -0.25) is 0 Å². The Morgan fingerprint density at radius 3 is 2.70 bits per heavy atom. The molecule has 0 amide bonds. The molecule has 1 aliphatic rings. The summed E-state index contributed by atoms with van der Waals surface area (Å²) in [6.07, 6.45) is -2.91. The van der Waals surface area contributed by atoms with E-state index in [4.69, 9.17) is 9.47 Å². The van der Waals surface area contributed by atoms with Crippen LogP contribution in [0.5, 0.6) is 5.75 Å². The number of aliphatic hydroxyl groups is 1. The fourth-order valence-corrected chi connectivity index (χ4v) is 4.63. The van der Waals surface area contributed by atoms with Crippen molar-refractivity contribution >= 4 is 15.7 Å². The van der Waals surface area contributed by atoms with Gasteiger partial charge in [-0.2, -0.15) is 4.31 Å². The van der Waals surface area contributed by atoms with E-state index in [9.17, 15) is 26.7 Å². The molecule has 1 aliphatic heterocycles. The number of hydrogen-bond acceptors (Lipinski definition) is 6. The molecule has 1 heterocycles. The van der Waals surface area contributed by atoms with Crippen molar-refractivity contribution in [2.24, 2.45) is 0 Å². The number of sulfonamides is 1. The van der Waals surface area contributed by atoms with Gasteiger partial charge in [-0.15, -0.1) is 0 Å². The molecule has 2 aromatic rings. The number of nitrogens with one attached hydrogen (secondary N) is 1. The number of hydrogen-bond donors (Lipinski definition) is 2. The lowest BCUT2D eigenvalue weighted by molar-refractivity contribution is 0.105. The van der Waals surface area contributed by atoms with Gasteiger partial charge >= 0.3 is 0 Å². The molecule has 30 heavy (non-hydrogen) atoms. The molecule has 0 spiro atoms. The van der Waals surface area contributed by atoms with Crippen LogP contribution in [0.3, 0.4) is 0 Å². The molecule has 0 radical (unpaired) electrons. The van der Waals surface area contributed by atoms with Crippen LogP contribution in [0, 0.1) is 11.6 Å². The van der Waals surface area contributed by atoms with Gasteiger partial charge in [0, 0.05) is 30.4 Å². The third-order valence-corrected chi connectivity index (χ3v) is 6.42. The first-order valence-electron chi connectivity index (χ1n) is 9.02. The highest BCUT2D eigenvalue weighted by molar-refractivity contribution is 7.89. The van der Waals surface area contributed by atoms with E-state index in [1.165, 1.54) is 31.4 Å². The largest absolute Gasteiger partial charge is 0.495 e. The first-order chi connectivity index (χ1) is 14.2. The van der Waals surface area contributed by atoms with Gasteiger partial charge in [0.25, 0.3) is 0 Å².